The Kier molecular flexibility index (Phi) is 5.81. The number of carbonyl (C=O) groups is 1. The first-order chi connectivity index (χ1) is 13.1. The minimum atomic E-state index is -0.223. The molecular formula is C22H23NO4. The highest BCUT2D eigenvalue weighted by Gasteiger charge is 2.15. The molecule has 0 amide bonds. The summed E-state index contributed by atoms with van der Waals surface area (Å²) in [6.07, 6.45) is 3.29. The fourth-order valence-corrected chi connectivity index (χ4v) is 3.24. The Morgan fingerprint density at radius 1 is 1.07 bits per heavy atom. The lowest BCUT2D eigenvalue weighted by Gasteiger charge is -2.09. The summed E-state index contributed by atoms with van der Waals surface area (Å²) in [5.74, 6) is -0.181. The van der Waals surface area contributed by atoms with Gasteiger partial charge in [-0.3, -0.25) is 4.79 Å². The van der Waals surface area contributed by atoms with Crippen LogP contribution in [0.15, 0.2) is 54.7 Å². The normalized spacial score (nSPS) is 10.7. The molecule has 0 aliphatic heterocycles. The van der Waals surface area contributed by atoms with Crippen LogP contribution in [0.2, 0.25) is 0 Å². The number of esters is 1. The average Bonchev–Trinajstić information content (AvgIpc) is 3.02. The van der Waals surface area contributed by atoms with Crippen molar-refractivity contribution in [3.63, 3.8) is 0 Å². The van der Waals surface area contributed by atoms with Gasteiger partial charge in [-0.2, -0.15) is 0 Å². The fourth-order valence-electron chi connectivity index (χ4n) is 3.24. The van der Waals surface area contributed by atoms with Crippen molar-refractivity contribution in [2.45, 2.75) is 26.2 Å². The molecule has 1 heterocycles. The Morgan fingerprint density at radius 2 is 1.78 bits per heavy atom. The van der Waals surface area contributed by atoms with Gasteiger partial charge in [0.15, 0.2) is 0 Å². The van der Waals surface area contributed by atoms with Crippen molar-refractivity contribution in [1.82, 2.24) is 4.98 Å². The van der Waals surface area contributed by atoms with Crippen LogP contribution >= 0.6 is 0 Å². The minimum Gasteiger partial charge on any atom is -0.508 e. The van der Waals surface area contributed by atoms with Gasteiger partial charge in [-0.15, -0.1) is 0 Å². The van der Waals surface area contributed by atoms with E-state index in [0.717, 1.165) is 27.9 Å². The maximum absolute atomic E-state index is 11.8. The number of phenols is 2. The Balaban J connectivity index is 1.92. The van der Waals surface area contributed by atoms with Crippen LogP contribution in [-0.4, -0.2) is 27.8 Å². The van der Waals surface area contributed by atoms with Crippen molar-refractivity contribution < 1.29 is 19.7 Å². The first-order valence-corrected chi connectivity index (χ1v) is 8.99. The molecule has 0 spiro atoms. The molecule has 3 N–H and O–H groups in total. The Bertz CT molecular complexity index is 895. The first kappa shape index (κ1) is 18.6. The van der Waals surface area contributed by atoms with Crippen molar-refractivity contribution in [1.29, 1.82) is 0 Å². The molecule has 0 saturated carbocycles. The lowest BCUT2D eigenvalue weighted by Crippen LogP contribution is -2.06. The smallest absolute Gasteiger partial charge is 0.306 e. The summed E-state index contributed by atoms with van der Waals surface area (Å²) in [5, 5.41) is 19.5. The first-order valence-electron chi connectivity index (χ1n) is 8.99. The monoisotopic (exact) mass is 365 g/mol. The van der Waals surface area contributed by atoms with Crippen molar-refractivity contribution in [2.24, 2.45) is 0 Å². The molecule has 1 aromatic heterocycles. The molecule has 0 aliphatic rings. The molecule has 27 heavy (non-hydrogen) atoms. The molecule has 0 saturated heterocycles. The van der Waals surface area contributed by atoms with E-state index in [1.165, 1.54) is 6.07 Å². The average molecular weight is 365 g/mol. The second-order valence-electron chi connectivity index (χ2n) is 6.36. The SMILES string of the molecule is CCOC(=O)CCc1c(-c2ccccc2)c[nH]c1Cc1cc(O)cc(O)c1. The third-order valence-corrected chi connectivity index (χ3v) is 4.39. The van der Waals surface area contributed by atoms with E-state index in [4.69, 9.17) is 4.74 Å². The second kappa shape index (κ2) is 8.45. The summed E-state index contributed by atoms with van der Waals surface area (Å²) in [7, 11) is 0. The molecule has 3 rings (SSSR count). The lowest BCUT2D eigenvalue weighted by atomic mass is 9.96. The lowest BCUT2D eigenvalue weighted by molar-refractivity contribution is -0.143. The summed E-state index contributed by atoms with van der Waals surface area (Å²) in [6.45, 7) is 2.16. The van der Waals surface area contributed by atoms with Crippen LogP contribution < -0.4 is 0 Å². The van der Waals surface area contributed by atoms with Crippen LogP contribution in [0.4, 0.5) is 0 Å². The maximum Gasteiger partial charge on any atom is 0.306 e. The van der Waals surface area contributed by atoms with Crippen molar-refractivity contribution in [3.8, 4) is 22.6 Å². The number of hydrogen-bond donors (Lipinski definition) is 3. The molecule has 0 bridgehead atoms. The highest BCUT2D eigenvalue weighted by atomic mass is 16.5. The van der Waals surface area contributed by atoms with Gasteiger partial charge in [0.05, 0.1) is 6.61 Å². The summed E-state index contributed by atoms with van der Waals surface area (Å²) in [5.41, 5.74) is 4.88. The molecule has 5 nitrogen and oxygen atoms in total. The predicted molar refractivity (Wildman–Crippen MR) is 104 cm³/mol. The van der Waals surface area contributed by atoms with Crippen LogP contribution in [0.1, 0.15) is 30.2 Å². The van der Waals surface area contributed by atoms with E-state index in [9.17, 15) is 15.0 Å². The van der Waals surface area contributed by atoms with E-state index in [2.05, 4.69) is 4.98 Å². The van der Waals surface area contributed by atoms with Gasteiger partial charge in [0.1, 0.15) is 11.5 Å². The maximum atomic E-state index is 11.8. The van der Waals surface area contributed by atoms with Gasteiger partial charge >= 0.3 is 5.97 Å². The number of H-pyrrole nitrogens is 1. The fraction of sp³-hybridized carbons (Fsp3) is 0.227. The molecule has 0 aliphatic carbocycles. The third kappa shape index (κ3) is 4.70. The summed E-state index contributed by atoms with van der Waals surface area (Å²) in [6, 6.07) is 14.5. The Hall–Kier alpha value is -3.21. The summed E-state index contributed by atoms with van der Waals surface area (Å²) >= 11 is 0. The van der Waals surface area contributed by atoms with Gasteiger partial charge in [0.2, 0.25) is 0 Å². The molecule has 3 aromatic rings. The number of hydrogen-bond acceptors (Lipinski definition) is 4. The van der Waals surface area contributed by atoms with Crippen LogP contribution in [0.3, 0.4) is 0 Å². The number of rotatable bonds is 7. The zero-order valence-corrected chi connectivity index (χ0v) is 15.2. The highest BCUT2D eigenvalue weighted by molar-refractivity contribution is 5.72. The van der Waals surface area contributed by atoms with Crippen molar-refractivity contribution in [2.75, 3.05) is 6.61 Å². The molecule has 0 fully saturated rings. The van der Waals surface area contributed by atoms with Crippen molar-refractivity contribution >= 4 is 5.97 Å². The molecule has 0 unspecified atom stereocenters. The van der Waals surface area contributed by atoms with E-state index in [1.807, 2.05) is 36.5 Å². The quantitative estimate of drug-likeness (QED) is 0.549. The molecular weight excluding hydrogens is 342 g/mol. The van der Waals surface area contributed by atoms with Crippen LogP contribution in [0.25, 0.3) is 11.1 Å². The zero-order valence-electron chi connectivity index (χ0n) is 15.2. The highest BCUT2D eigenvalue weighted by Crippen LogP contribution is 2.30. The number of aromatic amines is 1. The summed E-state index contributed by atoms with van der Waals surface area (Å²) < 4.78 is 5.06. The van der Waals surface area contributed by atoms with Crippen LogP contribution in [-0.2, 0) is 22.4 Å². The number of phenolic OH excluding ortho intramolecular Hbond substituents is 2. The van der Waals surface area contributed by atoms with Gasteiger partial charge in [-0.05, 0) is 42.2 Å². The van der Waals surface area contributed by atoms with Crippen molar-refractivity contribution in [3.05, 3.63) is 71.5 Å². The molecule has 140 valence electrons. The summed E-state index contributed by atoms with van der Waals surface area (Å²) in [4.78, 5) is 15.1. The van der Waals surface area contributed by atoms with Gasteiger partial charge in [0.25, 0.3) is 0 Å². The molecule has 2 aromatic carbocycles. The third-order valence-electron chi connectivity index (χ3n) is 4.39. The standard InChI is InChI=1S/C22H23NO4/c1-2-27-22(26)9-8-19-20(16-6-4-3-5-7-16)14-23-21(19)12-15-10-17(24)13-18(25)11-15/h3-7,10-11,13-14,23-25H,2,8-9,12H2,1H3. The van der Waals surface area contributed by atoms with E-state index in [0.29, 0.717) is 25.9 Å². The number of ether oxygens (including phenoxy) is 1. The van der Waals surface area contributed by atoms with Gasteiger partial charge < -0.3 is 19.9 Å². The largest absolute Gasteiger partial charge is 0.508 e. The van der Waals surface area contributed by atoms with Gasteiger partial charge in [-0.25, -0.2) is 0 Å². The number of benzene rings is 2. The molecule has 0 atom stereocenters. The van der Waals surface area contributed by atoms with Crippen LogP contribution in [0, 0.1) is 0 Å². The van der Waals surface area contributed by atoms with E-state index < -0.39 is 0 Å². The second-order valence-corrected chi connectivity index (χ2v) is 6.36. The molecule has 5 heteroatoms. The zero-order chi connectivity index (χ0) is 19.2. The number of carbonyl (C=O) groups excluding carboxylic acids is 1. The van der Waals surface area contributed by atoms with Crippen LogP contribution in [0.5, 0.6) is 11.5 Å². The molecule has 0 radical (unpaired) electrons. The predicted octanol–water partition coefficient (Wildman–Crippen LogP) is 4.18. The van der Waals surface area contributed by atoms with E-state index in [1.54, 1.807) is 19.1 Å². The number of nitrogens with one attached hydrogen (secondary N) is 1. The number of aromatic hydroxyl groups is 2. The Morgan fingerprint density at radius 3 is 2.44 bits per heavy atom. The van der Waals surface area contributed by atoms with Gasteiger partial charge in [-0.1, -0.05) is 30.3 Å². The Labute approximate surface area is 158 Å². The van der Waals surface area contributed by atoms with E-state index in [-0.39, 0.29) is 17.5 Å². The number of aromatic nitrogens is 1. The topological polar surface area (TPSA) is 82.6 Å². The van der Waals surface area contributed by atoms with Gasteiger partial charge in [0, 0.05) is 36.4 Å². The van der Waals surface area contributed by atoms with E-state index >= 15 is 0 Å². The minimum absolute atomic E-state index is 0.0212.